The van der Waals surface area contributed by atoms with E-state index in [2.05, 4.69) is 10.3 Å². The van der Waals surface area contributed by atoms with Crippen LogP contribution in [0, 0.1) is 5.82 Å². The first-order valence-corrected chi connectivity index (χ1v) is 9.51. The van der Waals surface area contributed by atoms with Crippen molar-refractivity contribution in [2.24, 2.45) is 0 Å². The number of sulfonamides is 1. The second-order valence-corrected chi connectivity index (χ2v) is 7.72. The molecule has 1 aromatic carbocycles. The lowest BCUT2D eigenvalue weighted by Gasteiger charge is -2.26. The lowest BCUT2D eigenvalue weighted by Crippen LogP contribution is -2.40. The zero-order chi connectivity index (χ0) is 18.7. The molecule has 26 heavy (non-hydrogen) atoms. The van der Waals surface area contributed by atoms with Gasteiger partial charge in [0.25, 0.3) is 5.91 Å². The number of carbonyl (C=O) groups is 1. The van der Waals surface area contributed by atoms with Gasteiger partial charge in [-0.3, -0.25) is 4.79 Å². The quantitative estimate of drug-likeness (QED) is 0.796. The molecule has 1 aliphatic heterocycles. The first-order chi connectivity index (χ1) is 12.4. The van der Waals surface area contributed by atoms with E-state index in [9.17, 15) is 17.6 Å². The second kappa shape index (κ2) is 7.67. The van der Waals surface area contributed by atoms with Crippen molar-refractivity contribution in [3.8, 4) is 0 Å². The molecule has 2 heterocycles. The normalized spacial score (nSPS) is 15.6. The van der Waals surface area contributed by atoms with E-state index < -0.39 is 26.6 Å². The third kappa shape index (κ3) is 3.85. The van der Waals surface area contributed by atoms with Crippen LogP contribution in [-0.2, 0) is 14.8 Å². The number of aromatic nitrogens is 1. The fourth-order valence-corrected chi connectivity index (χ4v) is 4.16. The second-order valence-electron chi connectivity index (χ2n) is 5.46. The van der Waals surface area contributed by atoms with Gasteiger partial charge in [0, 0.05) is 25.0 Å². The van der Waals surface area contributed by atoms with Gasteiger partial charge in [-0.25, -0.2) is 17.8 Å². The molecule has 0 unspecified atom stereocenters. The van der Waals surface area contributed by atoms with E-state index in [4.69, 9.17) is 16.3 Å². The Hall–Kier alpha value is -2.07. The zero-order valence-corrected chi connectivity index (χ0v) is 15.1. The summed E-state index contributed by atoms with van der Waals surface area (Å²) in [5.74, 6) is -1.47. The van der Waals surface area contributed by atoms with Crippen LogP contribution in [0.5, 0.6) is 0 Å². The molecule has 0 radical (unpaired) electrons. The third-order valence-electron chi connectivity index (χ3n) is 3.78. The van der Waals surface area contributed by atoms with Crippen molar-refractivity contribution < 1.29 is 22.3 Å². The Kier molecular flexibility index (Phi) is 5.52. The molecule has 1 aliphatic rings. The van der Waals surface area contributed by atoms with E-state index in [-0.39, 0.29) is 42.7 Å². The molecule has 1 N–H and O–H groups in total. The van der Waals surface area contributed by atoms with Gasteiger partial charge in [-0.15, -0.1) is 0 Å². The minimum Gasteiger partial charge on any atom is -0.379 e. The van der Waals surface area contributed by atoms with Gasteiger partial charge >= 0.3 is 0 Å². The summed E-state index contributed by atoms with van der Waals surface area (Å²) in [4.78, 5) is 15.6. The van der Waals surface area contributed by atoms with Crippen molar-refractivity contribution in [1.82, 2.24) is 9.29 Å². The summed E-state index contributed by atoms with van der Waals surface area (Å²) in [6.07, 6.45) is 1.43. The van der Waals surface area contributed by atoms with E-state index in [1.165, 1.54) is 18.3 Å². The van der Waals surface area contributed by atoms with Crippen LogP contribution in [-0.4, -0.2) is 49.9 Å². The molecular formula is C16H15ClFN3O4S. The monoisotopic (exact) mass is 399 g/mol. The van der Waals surface area contributed by atoms with Crippen LogP contribution >= 0.6 is 11.6 Å². The predicted octanol–water partition coefficient (Wildman–Crippen LogP) is 2.15. The standard InChI is InChI=1S/C16H15ClFN3O4S/c17-15-12(2-1-5-19-15)16(22)20-11-3-4-13(18)14(10-11)26(23,24)21-6-8-25-9-7-21/h1-5,10H,6-9H2,(H,20,22). The highest BCUT2D eigenvalue weighted by Crippen LogP contribution is 2.24. The summed E-state index contributed by atoms with van der Waals surface area (Å²) < 4.78 is 45.8. The summed E-state index contributed by atoms with van der Waals surface area (Å²) in [5, 5.41) is 2.51. The maximum Gasteiger partial charge on any atom is 0.258 e. The fourth-order valence-electron chi connectivity index (χ4n) is 2.46. The number of morpholine rings is 1. The van der Waals surface area contributed by atoms with Crippen molar-refractivity contribution in [2.45, 2.75) is 4.90 Å². The number of rotatable bonds is 4. The van der Waals surface area contributed by atoms with Crippen LogP contribution in [0.3, 0.4) is 0 Å². The largest absolute Gasteiger partial charge is 0.379 e. The minimum atomic E-state index is -4.04. The fraction of sp³-hybridized carbons (Fsp3) is 0.250. The number of anilines is 1. The van der Waals surface area contributed by atoms with Crippen molar-refractivity contribution in [3.63, 3.8) is 0 Å². The number of halogens is 2. The minimum absolute atomic E-state index is 0.00766. The Bertz CT molecular complexity index is 933. The number of amides is 1. The van der Waals surface area contributed by atoms with Crippen LogP contribution in [0.4, 0.5) is 10.1 Å². The molecule has 0 saturated carbocycles. The lowest BCUT2D eigenvalue weighted by atomic mass is 10.2. The van der Waals surface area contributed by atoms with Crippen molar-refractivity contribution >= 4 is 33.2 Å². The SMILES string of the molecule is O=C(Nc1ccc(F)c(S(=O)(=O)N2CCOCC2)c1)c1cccnc1Cl. The summed E-state index contributed by atoms with van der Waals surface area (Å²) in [6.45, 7) is 0.779. The molecule has 2 aromatic rings. The van der Waals surface area contributed by atoms with Crippen LogP contribution < -0.4 is 5.32 Å². The van der Waals surface area contributed by atoms with Gasteiger partial charge in [-0.2, -0.15) is 4.31 Å². The van der Waals surface area contributed by atoms with E-state index >= 15 is 0 Å². The maximum absolute atomic E-state index is 14.2. The highest BCUT2D eigenvalue weighted by molar-refractivity contribution is 7.89. The maximum atomic E-state index is 14.2. The van der Waals surface area contributed by atoms with Crippen molar-refractivity contribution in [2.75, 3.05) is 31.6 Å². The molecule has 0 spiro atoms. The molecule has 3 rings (SSSR count). The number of pyridine rings is 1. The average molecular weight is 400 g/mol. The van der Waals surface area contributed by atoms with Crippen molar-refractivity contribution in [3.05, 3.63) is 53.1 Å². The Morgan fingerprint density at radius 1 is 1.27 bits per heavy atom. The molecule has 1 fully saturated rings. The van der Waals surface area contributed by atoms with Gasteiger partial charge in [-0.1, -0.05) is 11.6 Å². The number of hydrogen-bond acceptors (Lipinski definition) is 5. The summed E-state index contributed by atoms with van der Waals surface area (Å²) in [6, 6.07) is 6.37. The van der Waals surface area contributed by atoms with E-state index in [0.717, 1.165) is 16.4 Å². The third-order valence-corrected chi connectivity index (χ3v) is 6.00. The van der Waals surface area contributed by atoms with Crippen LogP contribution in [0.15, 0.2) is 41.4 Å². The van der Waals surface area contributed by atoms with Gasteiger partial charge in [-0.05, 0) is 30.3 Å². The predicted molar refractivity (Wildman–Crippen MR) is 93.2 cm³/mol. The molecule has 1 amide bonds. The number of ether oxygens (including phenoxy) is 1. The van der Waals surface area contributed by atoms with Gasteiger partial charge in [0.2, 0.25) is 10.0 Å². The molecule has 7 nitrogen and oxygen atoms in total. The van der Waals surface area contributed by atoms with E-state index in [1.54, 1.807) is 6.07 Å². The Morgan fingerprint density at radius 2 is 2.00 bits per heavy atom. The summed E-state index contributed by atoms with van der Waals surface area (Å²) in [5.41, 5.74) is 0.249. The number of hydrogen-bond donors (Lipinski definition) is 1. The highest BCUT2D eigenvalue weighted by atomic mass is 35.5. The number of nitrogens with zero attached hydrogens (tertiary/aromatic N) is 2. The number of carbonyl (C=O) groups excluding carboxylic acids is 1. The van der Waals surface area contributed by atoms with Crippen LogP contribution in [0.2, 0.25) is 5.15 Å². The van der Waals surface area contributed by atoms with Crippen molar-refractivity contribution in [1.29, 1.82) is 0 Å². The molecule has 0 atom stereocenters. The zero-order valence-electron chi connectivity index (χ0n) is 13.5. The van der Waals surface area contributed by atoms with E-state index in [1.807, 2.05) is 0 Å². The summed E-state index contributed by atoms with van der Waals surface area (Å²) >= 11 is 5.87. The molecular weight excluding hydrogens is 385 g/mol. The van der Waals surface area contributed by atoms with Gasteiger partial charge in [0.15, 0.2) is 0 Å². The molecule has 138 valence electrons. The van der Waals surface area contributed by atoms with Crippen LogP contribution in [0.25, 0.3) is 0 Å². The number of benzene rings is 1. The Balaban J connectivity index is 1.88. The molecule has 0 bridgehead atoms. The average Bonchev–Trinajstić information content (AvgIpc) is 2.64. The molecule has 10 heteroatoms. The van der Waals surface area contributed by atoms with Gasteiger partial charge < -0.3 is 10.1 Å². The van der Waals surface area contributed by atoms with Crippen LogP contribution in [0.1, 0.15) is 10.4 Å². The lowest BCUT2D eigenvalue weighted by molar-refractivity contribution is 0.0729. The number of nitrogens with one attached hydrogen (secondary N) is 1. The van der Waals surface area contributed by atoms with Gasteiger partial charge in [0.05, 0.1) is 18.8 Å². The highest BCUT2D eigenvalue weighted by Gasteiger charge is 2.29. The molecule has 0 aliphatic carbocycles. The Morgan fingerprint density at radius 3 is 2.69 bits per heavy atom. The topological polar surface area (TPSA) is 88.6 Å². The Labute approximate surface area is 154 Å². The van der Waals surface area contributed by atoms with Gasteiger partial charge in [0.1, 0.15) is 15.9 Å². The first-order valence-electron chi connectivity index (χ1n) is 7.69. The molecule has 1 aromatic heterocycles. The molecule has 1 saturated heterocycles. The first kappa shape index (κ1) is 18.7. The van der Waals surface area contributed by atoms with E-state index in [0.29, 0.717) is 0 Å². The smallest absolute Gasteiger partial charge is 0.258 e. The summed E-state index contributed by atoms with van der Waals surface area (Å²) in [7, 11) is -4.04.